The van der Waals surface area contributed by atoms with Gasteiger partial charge in [0.2, 0.25) is 0 Å². The molecule has 0 N–H and O–H groups in total. The van der Waals surface area contributed by atoms with Crippen LogP contribution in [0.2, 0.25) is 0 Å². The first-order valence-corrected chi connectivity index (χ1v) is 4.37. The molecule has 0 radical (unpaired) electrons. The van der Waals surface area contributed by atoms with Gasteiger partial charge in [-0.3, -0.25) is 0 Å². The third-order valence-corrected chi connectivity index (χ3v) is 2.24. The van der Waals surface area contributed by atoms with Gasteiger partial charge in [0.15, 0.2) is 0 Å². The quantitative estimate of drug-likeness (QED) is 0.533. The molecule has 0 aliphatic heterocycles. The predicted octanol–water partition coefficient (Wildman–Crippen LogP) is 2.96. The first-order valence-electron chi connectivity index (χ1n) is 4.37. The number of hydrogen-bond donors (Lipinski definition) is 0. The molecule has 2 aromatic carbocycles. The van der Waals surface area contributed by atoms with Gasteiger partial charge < -0.3 is 0 Å². The van der Waals surface area contributed by atoms with Gasteiger partial charge in [0.1, 0.15) is 0 Å². The molecule has 0 fully saturated rings. The second kappa shape index (κ2) is 3.46. The molecule has 2 rings (SSSR count). The van der Waals surface area contributed by atoms with Crippen LogP contribution in [-0.4, -0.2) is 7.05 Å². The van der Waals surface area contributed by atoms with Crippen LogP contribution in [0.15, 0.2) is 47.8 Å². The van der Waals surface area contributed by atoms with Crippen molar-refractivity contribution in [2.24, 2.45) is 5.29 Å². The highest BCUT2D eigenvalue weighted by molar-refractivity contribution is 5.93. The monoisotopic (exact) mass is 186 g/mol. The molecular formula is C11H10N2O. The average Bonchev–Trinajstić information content (AvgIpc) is 2.27. The molecule has 0 aliphatic rings. The molecule has 0 aliphatic carbocycles. The van der Waals surface area contributed by atoms with Crippen molar-refractivity contribution in [3.8, 4) is 0 Å². The maximum absolute atomic E-state index is 10.4. The van der Waals surface area contributed by atoms with Crippen LogP contribution in [0.5, 0.6) is 0 Å². The highest BCUT2D eigenvalue weighted by atomic mass is 16.3. The summed E-state index contributed by atoms with van der Waals surface area (Å²) in [5.74, 6) is 0. The van der Waals surface area contributed by atoms with Crippen LogP contribution in [-0.2, 0) is 0 Å². The van der Waals surface area contributed by atoms with Crippen molar-refractivity contribution in [2.45, 2.75) is 0 Å². The Morgan fingerprint density at radius 2 is 1.79 bits per heavy atom. The van der Waals surface area contributed by atoms with Crippen molar-refractivity contribution >= 4 is 16.5 Å². The van der Waals surface area contributed by atoms with E-state index in [0.29, 0.717) is 0 Å². The van der Waals surface area contributed by atoms with Gasteiger partial charge in [0.25, 0.3) is 0 Å². The van der Waals surface area contributed by atoms with E-state index in [1.807, 2.05) is 42.5 Å². The summed E-state index contributed by atoms with van der Waals surface area (Å²) in [5.41, 5.74) is 0.832. The molecule has 3 nitrogen and oxygen atoms in total. The first kappa shape index (κ1) is 8.69. The summed E-state index contributed by atoms with van der Waals surface area (Å²) in [7, 11) is 1.65. The van der Waals surface area contributed by atoms with Crippen molar-refractivity contribution in [1.82, 2.24) is 0 Å². The standard InChI is InChI=1S/C11H10N2O/c1-13(12-14)11-8-4-6-9-5-2-3-7-10(9)11/h2-8H,1H3. The highest BCUT2D eigenvalue weighted by Gasteiger charge is 2.04. The molecule has 0 heterocycles. The molecule has 0 atom stereocenters. The van der Waals surface area contributed by atoms with Crippen molar-refractivity contribution in [1.29, 1.82) is 0 Å². The number of nitrogens with zero attached hydrogens (tertiary/aromatic N) is 2. The van der Waals surface area contributed by atoms with Gasteiger partial charge in [-0.05, 0) is 11.5 Å². The Bertz CT molecular complexity index is 462. The smallest absolute Gasteiger partial charge is 0.0701 e. The third-order valence-electron chi connectivity index (χ3n) is 2.24. The van der Waals surface area contributed by atoms with Gasteiger partial charge in [-0.2, -0.15) is 0 Å². The second-order valence-corrected chi connectivity index (χ2v) is 3.10. The molecule has 0 saturated carbocycles. The predicted molar refractivity (Wildman–Crippen MR) is 58.1 cm³/mol. The summed E-state index contributed by atoms with van der Waals surface area (Å²) in [6, 6.07) is 13.7. The van der Waals surface area contributed by atoms with E-state index in [0.717, 1.165) is 16.5 Å². The number of nitroso groups, excluding NO2 is 1. The average molecular weight is 186 g/mol. The van der Waals surface area contributed by atoms with E-state index >= 15 is 0 Å². The molecule has 2 aromatic rings. The minimum atomic E-state index is 0.832. The number of benzene rings is 2. The summed E-state index contributed by atoms with van der Waals surface area (Å²) >= 11 is 0. The van der Waals surface area contributed by atoms with Crippen LogP contribution >= 0.6 is 0 Å². The van der Waals surface area contributed by atoms with Crippen LogP contribution in [0.3, 0.4) is 0 Å². The molecule has 0 saturated heterocycles. The molecule has 14 heavy (non-hydrogen) atoms. The van der Waals surface area contributed by atoms with Crippen molar-refractivity contribution < 1.29 is 0 Å². The van der Waals surface area contributed by atoms with Crippen molar-refractivity contribution in [3.05, 3.63) is 47.4 Å². The van der Waals surface area contributed by atoms with E-state index in [1.54, 1.807) is 7.05 Å². The molecular weight excluding hydrogens is 176 g/mol. The van der Waals surface area contributed by atoms with Crippen LogP contribution < -0.4 is 5.01 Å². The zero-order valence-electron chi connectivity index (χ0n) is 7.84. The molecule has 70 valence electrons. The van der Waals surface area contributed by atoms with Gasteiger partial charge in [-0.15, -0.1) is 4.91 Å². The van der Waals surface area contributed by atoms with Crippen LogP contribution in [0.1, 0.15) is 0 Å². The van der Waals surface area contributed by atoms with Gasteiger partial charge in [-0.25, -0.2) is 5.01 Å². The van der Waals surface area contributed by atoms with E-state index in [1.165, 1.54) is 5.01 Å². The molecule has 0 unspecified atom stereocenters. The fraction of sp³-hybridized carbons (Fsp3) is 0.0909. The topological polar surface area (TPSA) is 32.7 Å². The van der Waals surface area contributed by atoms with Gasteiger partial charge >= 0.3 is 0 Å². The van der Waals surface area contributed by atoms with Crippen LogP contribution in [0, 0.1) is 4.91 Å². The maximum atomic E-state index is 10.4. The fourth-order valence-electron chi connectivity index (χ4n) is 1.53. The van der Waals surface area contributed by atoms with Gasteiger partial charge in [-0.1, -0.05) is 36.4 Å². The Hall–Kier alpha value is -1.90. The molecule has 0 bridgehead atoms. The molecule has 0 amide bonds. The third kappa shape index (κ3) is 1.33. The minimum absolute atomic E-state index is 0.832. The Balaban J connectivity index is 2.70. The lowest BCUT2D eigenvalue weighted by molar-refractivity contribution is 1.01. The van der Waals surface area contributed by atoms with Gasteiger partial charge in [0, 0.05) is 12.4 Å². The summed E-state index contributed by atoms with van der Waals surface area (Å²) in [6.07, 6.45) is 0. The second-order valence-electron chi connectivity index (χ2n) is 3.10. The molecule has 0 aromatic heterocycles. The van der Waals surface area contributed by atoms with Crippen LogP contribution in [0.25, 0.3) is 10.8 Å². The lowest BCUT2D eigenvalue weighted by Crippen LogP contribution is -2.06. The maximum Gasteiger partial charge on any atom is 0.0701 e. The summed E-state index contributed by atoms with van der Waals surface area (Å²) in [6.45, 7) is 0. The largest absolute Gasteiger partial charge is 0.232 e. The highest BCUT2D eigenvalue weighted by Crippen LogP contribution is 2.25. The number of fused-ring (bicyclic) bond motifs is 1. The molecule has 3 heteroatoms. The number of hydrogen-bond acceptors (Lipinski definition) is 2. The van der Waals surface area contributed by atoms with E-state index < -0.39 is 0 Å². The van der Waals surface area contributed by atoms with Gasteiger partial charge in [0.05, 0.1) is 11.0 Å². The SMILES string of the molecule is CN(N=O)c1cccc2ccccc12. The fourth-order valence-corrected chi connectivity index (χ4v) is 1.53. The zero-order chi connectivity index (χ0) is 9.97. The lowest BCUT2D eigenvalue weighted by Gasteiger charge is -2.11. The van der Waals surface area contributed by atoms with Crippen molar-refractivity contribution in [2.75, 3.05) is 12.1 Å². The Morgan fingerprint density at radius 3 is 2.57 bits per heavy atom. The van der Waals surface area contributed by atoms with E-state index in [-0.39, 0.29) is 0 Å². The van der Waals surface area contributed by atoms with E-state index in [2.05, 4.69) is 5.29 Å². The summed E-state index contributed by atoms with van der Waals surface area (Å²) in [4.78, 5) is 10.4. The van der Waals surface area contributed by atoms with E-state index in [9.17, 15) is 4.91 Å². The lowest BCUT2D eigenvalue weighted by atomic mass is 10.1. The summed E-state index contributed by atoms with van der Waals surface area (Å²) in [5, 5.41) is 6.38. The first-order chi connectivity index (χ1) is 6.83. The summed E-state index contributed by atoms with van der Waals surface area (Å²) < 4.78 is 0. The minimum Gasteiger partial charge on any atom is -0.232 e. The molecule has 0 spiro atoms. The number of anilines is 1. The zero-order valence-corrected chi connectivity index (χ0v) is 7.84. The van der Waals surface area contributed by atoms with Crippen LogP contribution in [0.4, 0.5) is 5.69 Å². The normalized spacial score (nSPS) is 10.1. The Labute approximate surface area is 81.9 Å². The Kier molecular flexibility index (Phi) is 2.14. The Morgan fingerprint density at radius 1 is 1.07 bits per heavy atom. The van der Waals surface area contributed by atoms with Crippen molar-refractivity contribution in [3.63, 3.8) is 0 Å². The van der Waals surface area contributed by atoms with E-state index in [4.69, 9.17) is 0 Å². The number of rotatable bonds is 2.